The second-order valence-electron chi connectivity index (χ2n) is 11.7. The van der Waals surface area contributed by atoms with Gasteiger partial charge in [-0.1, -0.05) is 13.8 Å². The number of nitrogens with zero attached hydrogens (tertiary/aromatic N) is 6. The van der Waals surface area contributed by atoms with Gasteiger partial charge in [-0.15, -0.1) is 0 Å². The van der Waals surface area contributed by atoms with Gasteiger partial charge in [0.15, 0.2) is 0 Å². The van der Waals surface area contributed by atoms with E-state index in [4.69, 9.17) is 5.11 Å². The average molecular weight is 514 g/mol. The first kappa shape index (κ1) is 27.8. The Morgan fingerprint density at radius 1 is 1.05 bits per heavy atom. The Balaban J connectivity index is 1.22. The maximum Gasteiger partial charge on any atom is 0.303 e. The van der Waals surface area contributed by atoms with Gasteiger partial charge in [0.25, 0.3) is 0 Å². The standard InChI is InChI=1S/C28H47N7O2/c1-24(2)20-32-16-7-28(8-17-32)9-18-33(23-28)14-5-15-35-19-12-31-26(35)22-34(13-4-3-6-27(36)37)21-25-29-10-11-30-25/h10-12,19,24H,3-9,13-18,20-23H2,1-2H3,(H,29,30)(H,36,37). The first-order valence-corrected chi connectivity index (χ1v) is 14.3. The van der Waals surface area contributed by atoms with E-state index in [9.17, 15) is 4.79 Å². The van der Waals surface area contributed by atoms with Gasteiger partial charge in [0.05, 0.1) is 13.1 Å². The first-order valence-electron chi connectivity index (χ1n) is 14.3. The third kappa shape index (κ3) is 8.65. The van der Waals surface area contributed by atoms with Crippen molar-refractivity contribution in [1.82, 2.24) is 34.2 Å². The molecule has 37 heavy (non-hydrogen) atoms. The molecule has 0 atom stereocenters. The summed E-state index contributed by atoms with van der Waals surface area (Å²) in [5, 5.41) is 8.95. The zero-order valence-corrected chi connectivity index (χ0v) is 22.9. The number of aryl methyl sites for hydroxylation is 1. The molecule has 0 amide bonds. The van der Waals surface area contributed by atoms with Crippen LogP contribution in [0.3, 0.4) is 0 Å². The molecule has 4 rings (SSSR count). The van der Waals surface area contributed by atoms with Crippen LogP contribution in [-0.4, -0.2) is 91.1 Å². The summed E-state index contributed by atoms with van der Waals surface area (Å²) in [4.78, 5) is 30.8. The molecule has 0 bridgehead atoms. The normalized spacial score (nSPS) is 18.5. The summed E-state index contributed by atoms with van der Waals surface area (Å²) in [5.74, 6) is 2.03. The molecule has 2 fully saturated rings. The number of hydrogen-bond acceptors (Lipinski definition) is 6. The molecule has 0 aromatic carbocycles. The molecular formula is C28H47N7O2. The highest BCUT2D eigenvalue weighted by molar-refractivity contribution is 5.66. The maximum atomic E-state index is 10.9. The Morgan fingerprint density at radius 2 is 1.84 bits per heavy atom. The Labute approximate surface area is 222 Å². The summed E-state index contributed by atoms with van der Waals surface area (Å²) in [6.07, 6.45) is 14.6. The minimum atomic E-state index is -0.728. The number of imidazole rings is 2. The molecule has 2 aromatic rings. The van der Waals surface area contributed by atoms with E-state index in [0.717, 1.165) is 56.6 Å². The van der Waals surface area contributed by atoms with E-state index in [0.29, 0.717) is 18.4 Å². The minimum absolute atomic E-state index is 0.219. The van der Waals surface area contributed by atoms with Crippen molar-refractivity contribution < 1.29 is 9.90 Å². The number of aromatic nitrogens is 4. The van der Waals surface area contributed by atoms with Crippen molar-refractivity contribution in [3.8, 4) is 0 Å². The van der Waals surface area contributed by atoms with Crippen LogP contribution in [0.25, 0.3) is 0 Å². The molecule has 9 heteroatoms. The van der Waals surface area contributed by atoms with Crippen molar-refractivity contribution in [2.24, 2.45) is 11.3 Å². The van der Waals surface area contributed by atoms with Gasteiger partial charge in [-0.2, -0.15) is 0 Å². The lowest BCUT2D eigenvalue weighted by Gasteiger charge is -2.40. The minimum Gasteiger partial charge on any atom is -0.481 e. The van der Waals surface area contributed by atoms with E-state index < -0.39 is 5.97 Å². The van der Waals surface area contributed by atoms with E-state index in [1.807, 2.05) is 12.4 Å². The van der Waals surface area contributed by atoms with Gasteiger partial charge in [0, 0.05) is 50.8 Å². The number of aromatic amines is 1. The highest BCUT2D eigenvalue weighted by atomic mass is 16.4. The van der Waals surface area contributed by atoms with Gasteiger partial charge in [-0.3, -0.25) is 9.69 Å². The highest BCUT2D eigenvalue weighted by Gasteiger charge is 2.40. The van der Waals surface area contributed by atoms with Crippen LogP contribution in [0, 0.1) is 11.3 Å². The molecule has 2 aliphatic heterocycles. The van der Waals surface area contributed by atoms with E-state index in [-0.39, 0.29) is 6.42 Å². The topological polar surface area (TPSA) is 93.5 Å². The number of unbranched alkanes of at least 4 members (excludes halogenated alkanes) is 1. The van der Waals surface area contributed by atoms with Gasteiger partial charge in [-0.05, 0) is 82.6 Å². The molecule has 4 heterocycles. The number of piperidine rings is 1. The van der Waals surface area contributed by atoms with Crippen LogP contribution >= 0.6 is 0 Å². The zero-order chi connectivity index (χ0) is 26.1. The number of hydrogen-bond donors (Lipinski definition) is 2. The number of rotatable bonds is 15. The van der Waals surface area contributed by atoms with Crippen LogP contribution in [0.1, 0.15) is 70.4 Å². The lowest BCUT2D eigenvalue weighted by atomic mass is 9.77. The molecule has 206 valence electrons. The molecule has 0 saturated carbocycles. The summed E-state index contributed by atoms with van der Waals surface area (Å²) in [6, 6.07) is 0. The molecule has 2 aliphatic rings. The largest absolute Gasteiger partial charge is 0.481 e. The van der Waals surface area contributed by atoms with Crippen LogP contribution in [0.5, 0.6) is 0 Å². The molecule has 2 aromatic heterocycles. The SMILES string of the molecule is CC(C)CN1CCC2(CC1)CCN(CCCn1ccnc1CN(CCCCC(=O)O)Cc1ncc[nH]1)C2. The Kier molecular flexibility index (Phi) is 10.2. The van der Waals surface area contributed by atoms with Gasteiger partial charge in [-0.25, -0.2) is 9.97 Å². The fourth-order valence-electron chi connectivity index (χ4n) is 6.13. The second kappa shape index (κ2) is 13.5. The number of likely N-dealkylation sites (tertiary alicyclic amines) is 2. The van der Waals surface area contributed by atoms with Crippen LogP contribution in [0.2, 0.25) is 0 Å². The smallest absolute Gasteiger partial charge is 0.303 e. The molecule has 1 spiro atoms. The fraction of sp³-hybridized carbons (Fsp3) is 0.750. The number of H-pyrrole nitrogens is 1. The van der Waals surface area contributed by atoms with Crippen molar-refractivity contribution in [2.75, 3.05) is 45.8 Å². The molecule has 0 aliphatic carbocycles. The second-order valence-corrected chi connectivity index (χ2v) is 11.7. The summed E-state index contributed by atoms with van der Waals surface area (Å²) >= 11 is 0. The Morgan fingerprint density at radius 3 is 2.54 bits per heavy atom. The van der Waals surface area contributed by atoms with Crippen LogP contribution in [0.4, 0.5) is 0 Å². The molecule has 2 saturated heterocycles. The number of carboxylic acids is 1. The van der Waals surface area contributed by atoms with E-state index in [1.54, 1.807) is 6.20 Å². The molecule has 0 radical (unpaired) electrons. The van der Waals surface area contributed by atoms with Crippen molar-refractivity contribution in [3.05, 3.63) is 36.4 Å². The zero-order valence-electron chi connectivity index (χ0n) is 22.9. The summed E-state index contributed by atoms with van der Waals surface area (Å²) in [6.45, 7) is 15.4. The van der Waals surface area contributed by atoms with Crippen molar-refractivity contribution in [3.63, 3.8) is 0 Å². The third-order valence-electron chi connectivity index (χ3n) is 8.14. The Hall–Kier alpha value is -2.23. The van der Waals surface area contributed by atoms with Gasteiger partial charge in [0.2, 0.25) is 0 Å². The van der Waals surface area contributed by atoms with E-state index in [1.165, 1.54) is 52.0 Å². The third-order valence-corrected chi connectivity index (χ3v) is 8.14. The lowest BCUT2D eigenvalue weighted by Crippen LogP contribution is -2.42. The van der Waals surface area contributed by atoms with Crippen LogP contribution in [0.15, 0.2) is 24.8 Å². The Bertz CT molecular complexity index is 934. The van der Waals surface area contributed by atoms with Gasteiger partial charge < -0.3 is 24.5 Å². The number of nitrogens with one attached hydrogen (secondary N) is 1. The van der Waals surface area contributed by atoms with Gasteiger partial charge >= 0.3 is 5.97 Å². The van der Waals surface area contributed by atoms with Crippen molar-refractivity contribution in [1.29, 1.82) is 0 Å². The first-order chi connectivity index (χ1) is 17.9. The quantitative estimate of drug-likeness (QED) is 0.351. The highest BCUT2D eigenvalue weighted by Crippen LogP contribution is 2.40. The van der Waals surface area contributed by atoms with Crippen LogP contribution in [-0.2, 0) is 24.4 Å². The van der Waals surface area contributed by atoms with Crippen LogP contribution < -0.4 is 0 Å². The van der Waals surface area contributed by atoms with Crippen molar-refractivity contribution in [2.45, 2.75) is 78.4 Å². The summed E-state index contributed by atoms with van der Waals surface area (Å²) in [7, 11) is 0. The predicted octanol–water partition coefficient (Wildman–Crippen LogP) is 3.70. The molecule has 9 nitrogen and oxygen atoms in total. The van der Waals surface area contributed by atoms with E-state index >= 15 is 0 Å². The lowest BCUT2D eigenvalue weighted by molar-refractivity contribution is -0.137. The number of carboxylic acid groups (broad SMARTS) is 1. The van der Waals surface area contributed by atoms with E-state index in [2.05, 4.69) is 54.3 Å². The fourth-order valence-corrected chi connectivity index (χ4v) is 6.13. The summed E-state index contributed by atoms with van der Waals surface area (Å²) < 4.78 is 2.29. The predicted molar refractivity (Wildman–Crippen MR) is 145 cm³/mol. The van der Waals surface area contributed by atoms with Gasteiger partial charge in [0.1, 0.15) is 11.6 Å². The number of carbonyl (C=O) groups is 1. The monoisotopic (exact) mass is 513 g/mol. The average Bonchev–Trinajstić information content (AvgIpc) is 3.61. The maximum absolute atomic E-state index is 10.9. The molecular weight excluding hydrogens is 466 g/mol. The molecule has 2 N–H and O–H groups in total. The molecule has 0 unspecified atom stereocenters. The van der Waals surface area contributed by atoms with Crippen molar-refractivity contribution >= 4 is 5.97 Å². The summed E-state index contributed by atoms with van der Waals surface area (Å²) in [5.41, 5.74) is 0.556. The number of aliphatic carboxylic acids is 1.